The molecule has 1 spiro atoms. The Labute approximate surface area is 236 Å². The van der Waals surface area contributed by atoms with Gasteiger partial charge in [0.25, 0.3) is 0 Å². The number of likely N-dealkylation sites (tertiary alicyclic amines) is 1. The maximum Gasteiger partial charge on any atom is 0.175 e. The Morgan fingerprint density at radius 2 is 1.57 bits per heavy atom. The first-order chi connectivity index (χ1) is 19.2. The lowest BCUT2D eigenvalue weighted by Gasteiger charge is -2.56. The van der Waals surface area contributed by atoms with Crippen LogP contribution in [0, 0.1) is 5.41 Å². The van der Waals surface area contributed by atoms with Crippen molar-refractivity contribution >= 4 is 26.6 Å². The number of pyridine rings is 1. The molecule has 0 amide bonds. The van der Waals surface area contributed by atoms with Crippen molar-refractivity contribution in [2.24, 2.45) is 5.41 Å². The molecule has 3 aliphatic rings. The van der Waals surface area contributed by atoms with Crippen LogP contribution in [0.3, 0.4) is 0 Å². The molecule has 3 fully saturated rings. The standard InChI is InChI=1S/C32H37N5O2S/c1-22(2)36-20-32(21-36)14-16-35(17-15-32)25-8-4-23(5-9-25)28-18-30-29(19-33-28)34-31(37(30)26-10-11-26)24-6-12-27(13-7-24)40(3,38)39/h4-9,12-13,18-19,22,26H,10-11,14-17,20-21H2,1-3H3. The molecule has 0 unspecified atom stereocenters. The molecule has 8 heteroatoms. The van der Waals surface area contributed by atoms with Gasteiger partial charge < -0.3 is 9.47 Å². The molecule has 7 rings (SSSR count). The van der Waals surface area contributed by atoms with E-state index in [1.54, 1.807) is 12.1 Å². The quantitative estimate of drug-likeness (QED) is 0.299. The topological polar surface area (TPSA) is 71.3 Å². The second kappa shape index (κ2) is 9.42. The fourth-order valence-electron chi connectivity index (χ4n) is 6.49. The summed E-state index contributed by atoms with van der Waals surface area (Å²) in [5.74, 6) is 0.873. The van der Waals surface area contributed by atoms with Crippen LogP contribution in [-0.2, 0) is 9.84 Å². The SMILES string of the molecule is CC(C)N1CC2(CCN(c3ccc(-c4cc5c(cn4)nc(-c4ccc(S(C)(=O)=O)cc4)n5C4CC4)cc3)CC2)C1. The van der Waals surface area contributed by atoms with Crippen LogP contribution >= 0.6 is 0 Å². The van der Waals surface area contributed by atoms with Gasteiger partial charge in [0.2, 0.25) is 0 Å². The van der Waals surface area contributed by atoms with Crippen LogP contribution in [0.1, 0.15) is 45.6 Å². The zero-order chi connectivity index (χ0) is 27.6. The smallest absolute Gasteiger partial charge is 0.175 e. The third-order valence-corrected chi connectivity index (χ3v) is 10.3. The first-order valence-corrected chi connectivity index (χ1v) is 16.4. The Morgan fingerprint density at radius 1 is 0.925 bits per heavy atom. The summed E-state index contributed by atoms with van der Waals surface area (Å²) in [5, 5.41) is 0. The number of fused-ring (bicyclic) bond motifs is 1. The number of rotatable bonds is 6. The molecule has 0 bridgehead atoms. The number of hydrogen-bond acceptors (Lipinski definition) is 6. The molecule has 2 saturated heterocycles. The van der Waals surface area contributed by atoms with Gasteiger partial charge >= 0.3 is 0 Å². The molecule has 2 aromatic heterocycles. The summed E-state index contributed by atoms with van der Waals surface area (Å²) in [4.78, 5) is 15.2. The summed E-state index contributed by atoms with van der Waals surface area (Å²) < 4.78 is 26.2. The average Bonchev–Trinajstić information content (AvgIpc) is 3.70. The van der Waals surface area contributed by atoms with E-state index in [0.717, 1.165) is 59.6 Å². The van der Waals surface area contributed by atoms with Crippen LogP contribution in [-0.4, -0.2) is 66.3 Å². The fourth-order valence-corrected chi connectivity index (χ4v) is 7.12. The largest absolute Gasteiger partial charge is 0.371 e. The number of hydrogen-bond donors (Lipinski definition) is 0. The van der Waals surface area contributed by atoms with Gasteiger partial charge in [-0.05, 0) is 87.4 Å². The summed E-state index contributed by atoms with van der Waals surface area (Å²) in [6.07, 6.45) is 7.91. The van der Waals surface area contributed by atoms with Crippen molar-refractivity contribution < 1.29 is 8.42 Å². The molecule has 0 atom stereocenters. The lowest BCUT2D eigenvalue weighted by Crippen LogP contribution is -2.62. The third-order valence-electron chi connectivity index (χ3n) is 9.19. The van der Waals surface area contributed by atoms with E-state index in [0.29, 0.717) is 22.4 Å². The van der Waals surface area contributed by atoms with E-state index < -0.39 is 9.84 Å². The number of sulfone groups is 1. The summed E-state index contributed by atoms with van der Waals surface area (Å²) >= 11 is 0. The normalized spacial score (nSPS) is 19.4. The van der Waals surface area contributed by atoms with Crippen molar-refractivity contribution in [3.8, 4) is 22.6 Å². The lowest BCUT2D eigenvalue weighted by atomic mass is 9.71. The van der Waals surface area contributed by atoms with E-state index in [2.05, 4.69) is 58.5 Å². The average molecular weight is 556 g/mol. The zero-order valence-electron chi connectivity index (χ0n) is 23.5. The van der Waals surface area contributed by atoms with Gasteiger partial charge in [0.15, 0.2) is 9.84 Å². The molecule has 0 radical (unpaired) electrons. The summed E-state index contributed by atoms with van der Waals surface area (Å²) in [6, 6.07) is 19.2. The zero-order valence-corrected chi connectivity index (χ0v) is 24.4. The second-order valence-electron chi connectivity index (χ2n) is 12.4. The van der Waals surface area contributed by atoms with Crippen LogP contribution in [0.4, 0.5) is 5.69 Å². The maximum atomic E-state index is 11.9. The molecule has 0 N–H and O–H groups in total. The van der Waals surface area contributed by atoms with E-state index in [9.17, 15) is 8.42 Å². The predicted molar refractivity (Wildman–Crippen MR) is 160 cm³/mol. The molecule has 40 heavy (non-hydrogen) atoms. The van der Waals surface area contributed by atoms with Crippen molar-refractivity contribution in [1.82, 2.24) is 19.4 Å². The van der Waals surface area contributed by atoms with Gasteiger partial charge in [0.05, 0.1) is 22.3 Å². The van der Waals surface area contributed by atoms with Gasteiger partial charge in [-0.2, -0.15) is 0 Å². The van der Waals surface area contributed by atoms with E-state index in [1.165, 1.54) is 37.9 Å². The fraction of sp³-hybridized carbons (Fsp3) is 0.438. The van der Waals surface area contributed by atoms with Crippen molar-refractivity contribution in [1.29, 1.82) is 0 Å². The van der Waals surface area contributed by atoms with Gasteiger partial charge in [-0.25, -0.2) is 13.4 Å². The van der Waals surface area contributed by atoms with Crippen molar-refractivity contribution in [3.63, 3.8) is 0 Å². The predicted octanol–water partition coefficient (Wildman–Crippen LogP) is 5.81. The number of nitrogens with zero attached hydrogens (tertiary/aromatic N) is 5. The first kappa shape index (κ1) is 25.7. The Balaban J connectivity index is 1.12. The molecule has 2 aromatic carbocycles. The molecule has 7 nitrogen and oxygen atoms in total. The van der Waals surface area contributed by atoms with Gasteiger partial charge in [0, 0.05) is 61.3 Å². The number of imidazole rings is 1. The van der Waals surface area contributed by atoms with Crippen LogP contribution in [0.5, 0.6) is 0 Å². The molecular weight excluding hydrogens is 518 g/mol. The van der Waals surface area contributed by atoms with Crippen LogP contribution in [0.15, 0.2) is 65.7 Å². The van der Waals surface area contributed by atoms with E-state index in [4.69, 9.17) is 9.97 Å². The minimum Gasteiger partial charge on any atom is -0.371 e. The van der Waals surface area contributed by atoms with Gasteiger partial charge in [-0.15, -0.1) is 0 Å². The Bertz CT molecular complexity index is 1660. The molecular formula is C32H37N5O2S. The second-order valence-corrected chi connectivity index (χ2v) is 14.4. The number of anilines is 1. The summed E-state index contributed by atoms with van der Waals surface area (Å²) in [7, 11) is -3.24. The molecule has 4 aromatic rings. The molecule has 4 heterocycles. The lowest BCUT2D eigenvalue weighted by molar-refractivity contribution is -0.0380. The molecule has 2 aliphatic heterocycles. The van der Waals surface area contributed by atoms with Crippen LogP contribution in [0.2, 0.25) is 0 Å². The highest BCUT2D eigenvalue weighted by atomic mass is 32.2. The van der Waals surface area contributed by atoms with E-state index >= 15 is 0 Å². The molecule has 1 aliphatic carbocycles. The van der Waals surface area contributed by atoms with Crippen molar-refractivity contribution in [3.05, 3.63) is 60.8 Å². The van der Waals surface area contributed by atoms with Gasteiger partial charge in [-0.1, -0.05) is 12.1 Å². The van der Waals surface area contributed by atoms with Crippen molar-refractivity contribution in [2.45, 2.75) is 56.5 Å². The molecule has 1 saturated carbocycles. The minimum atomic E-state index is -3.24. The third kappa shape index (κ3) is 4.61. The Kier molecular flexibility index (Phi) is 6.05. The Morgan fingerprint density at radius 3 is 2.17 bits per heavy atom. The first-order valence-electron chi connectivity index (χ1n) is 14.5. The Hall–Kier alpha value is -3.23. The monoisotopic (exact) mass is 555 g/mol. The minimum absolute atomic E-state index is 0.322. The van der Waals surface area contributed by atoms with Crippen LogP contribution in [0.25, 0.3) is 33.7 Å². The maximum absolute atomic E-state index is 11.9. The molecule has 208 valence electrons. The summed E-state index contributed by atoms with van der Waals surface area (Å²) in [5.41, 5.74) is 6.75. The highest BCUT2D eigenvalue weighted by Gasteiger charge is 2.45. The van der Waals surface area contributed by atoms with Gasteiger partial charge in [0.1, 0.15) is 11.3 Å². The highest BCUT2D eigenvalue weighted by Crippen LogP contribution is 2.43. The van der Waals surface area contributed by atoms with E-state index in [1.807, 2.05) is 18.3 Å². The number of aromatic nitrogens is 3. The number of benzene rings is 2. The van der Waals surface area contributed by atoms with Crippen LogP contribution < -0.4 is 4.90 Å². The van der Waals surface area contributed by atoms with E-state index in [-0.39, 0.29) is 0 Å². The highest BCUT2D eigenvalue weighted by molar-refractivity contribution is 7.90. The summed E-state index contributed by atoms with van der Waals surface area (Å²) in [6.45, 7) is 9.38. The van der Waals surface area contributed by atoms with Gasteiger partial charge in [-0.3, -0.25) is 9.88 Å². The number of piperidine rings is 1. The van der Waals surface area contributed by atoms with Crippen molar-refractivity contribution in [2.75, 3.05) is 37.3 Å².